The first kappa shape index (κ1) is 22.9. The predicted octanol–water partition coefficient (Wildman–Crippen LogP) is 8.74. The molecule has 4 aromatic rings. The molecule has 0 aliphatic heterocycles. The first-order chi connectivity index (χ1) is 15.8. The lowest BCUT2D eigenvalue weighted by molar-refractivity contribution is 0.451. The second-order valence-corrected chi connectivity index (χ2v) is 7.99. The number of halogens is 6. The van der Waals surface area contributed by atoms with E-state index in [1.807, 2.05) is 12.1 Å². The van der Waals surface area contributed by atoms with Crippen LogP contribution in [0.4, 0.5) is 26.3 Å². The lowest BCUT2D eigenvalue weighted by atomic mass is 9.96. The predicted molar refractivity (Wildman–Crippen MR) is 118 cm³/mol. The summed E-state index contributed by atoms with van der Waals surface area (Å²) >= 11 is 0. The molecule has 0 aliphatic rings. The lowest BCUT2D eigenvalue weighted by Gasteiger charge is -2.12. The summed E-state index contributed by atoms with van der Waals surface area (Å²) < 4.78 is 85.4. The average molecular weight is 458 g/mol. The molecule has 4 aromatic carbocycles. The molecule has 0 nitrogen and oxygen atoms in total. The molecule has 0 saturated carbocycles. The van der Waals surface area contributed by atoms with Gasteiger partial charge >= 0.3 is 0 Å². The third-order valence-corrected chi connectivity index (χ3v) is 5.75. The fourth-order valence-corrected chi connectivity index (χ4v) is 3.97. The maximum absolute atomic E-state index is 15.0. The second-order valence-electron chi connectivity index (χ2n) is 7.99. The van der Waals surface area contributed by atoms with E-state index < -0.39 is 40.3 Å². The molecule has 0 atom stereocenters. The molecule has 170 valence electrons. The normalized spacial score (nSPS) is 11.4. The molecule has 0 bridgehead atoms. The van der Waals surface area contributed by atoms with Crippen LogP contribution in [0.15, 0.2) is 54.6 Å². The van der Waals surface area contributed by atoms with Crippen molar-refractivity contribution in [2.75, 3.05) is 0 Å². The van der Waals surface area contributed by atoms with Gasteiger partial charge in [0.2, 0.25) is 0 Å². The monoisotopic (exact) mass is 458 g/mol. The molecule has 0 N–H and O–H groups in total. The maximum atomic E-state index is 15.0. The van der Waals surface area contributed by atoms with Gasteiger partial charge in [-0.1, -0.05) is 56.2 Å². The summed E-state index contributed by atoms with van der Waals surface area (Å²) in [4.78, 5) is 0. The van der Waals surface area contributed by atoms with Crippen molar-refractivity contribution in [3.05, 3.63) is 95.1 Å². The average Bonchev–Trinajstić information content (AvgIpc) is 2.79. The molecule has 0 fully saturated rings. The first-order valence-corrected chi connectivity index (χ1v) is 10.7. The van der Waals surface area contributed by atoms with Crippen molar-refractivity contribution in [2.24, 2.45) is 0 Å². The summed E-state index contributed by atoms with van der Waals surface area (Å²) in [5.41, 5.74) is 1.23. The Hall–Kier alpha value is -3.28. The van der Waals surface area contributed by atoms with Crippen LogP contribution in [0.1, 0.15) is 31.7 Å². The van der Waals surface area contributed by atoms with E-state index in [1.54, 1.807) is 12.1 Å². The van der Waals surface area contributed by atoms with Crippen molar-refractivity contribution in [3.63, 3.8) is 0 Å². The quantitative estimate of drug-likeness (QED) is 0.154. The van der Waals surface area contributed by atoms with E-state index in [4.69, 9.17) is 0 Å². The van der Waals surface area contributed by atoms with Crippen molar-refractivity contribution >= 4 is 10.8 Å². The Morgan fingerprint density at radius 2 is 1.21 bits per heavy atom. The van der Waals surface area contributed by atoms with Gasteiger partial charge in [0.1, 0.15) is 5.82 Å². The number of fused-ring (bicyclic) bond motifs is 1. The number of hydrogen-bond donors (Lipinski definition) is 0. The van der Waals surface area contributed by atoms with E-state index in [2.05, 4.69) is 6.92 Å². The van der Waals surface area contributed by atoms with E-state index in [-0.39, 0.29) is 22.1 Å². The third kappa shape index (κ3) is 4.34. The van der Waals surface area contributed by atoms with Crippen molar-refractivity contribution in [3.8, 4) is 22.3 Å². The third-order valence-electron chi connectivity index (χ3n) is 5.75. The highest BCUT2D eigenvalue weighted by Crippen LogP contribution is 2.35. The first-order valence-electron chi connectivity index (χ1n) is 10.7. The summed E-state index contributed by atoms with van der Waals surface area (Å²) in [5, 5.41) is -1.06. The fraction of sp³-hybridized carbons (Fsp3) is 0.185. The van der Waals surface area contributed by atoms with Crippen LogP contribution in [0, 0.1) is 34.9 Å². The van der Waals surface area contributed by atoms with Crippen molar-refractivity contribution < 1.29 is 26.3 Å². The zero-order valence-electron chi connectivity index (χ0n) is 17.8. The summed E-state index contributed by atoms with van der Waals surface area (Å²) in [7, 11) is 0. The Morgan fingerprint density at radius 3 is 1.85 bits per heavy atom. The number of benzene rings is 4. The van der Waals surface area contributed by atoms with E-state index in [0.29, 0.717) is 11.6 Å². The number of rotatable bonds is 6. The molecule has 0 unspecified atom stereocenters. The zero-order chi connectivity index (χ0) is 23.7. The highest BCUT2D eigenvalue weighted by molar-refractivity contribution is 5.89. The summed E-state index contributed by atoms with van der Waals surface area (Å²) in [5.74, 6) is -8.52. The number of unbranched alkanes of at least 4 members (excludes halogenated alkanes) is 2. The van der Waals surface area contributed by atoms with Crippen LogP contribution < -0.4 is 0 Å². The molecule has 0 radical (unpaired) electrons. The topological polar surface area (TPSA) is 0 Å². The van der Waals surface area contributed by atoms with Gasteiger partial charge in [-0.3, -0.25) is 0 Å². The van der Waals surface area contributed by atoms with Crippen molar-refractivity contribution in [1.29, 1.82) is 0 Å². The highest BCUT2D eigenvalue weighted by atomic mass is 19.2. The molecule has 33 heavy (non-hydrogen) atoms. The number of aryl methyl sites for hydroxylation is 1. The summed E-state index contributed by atoms with van der Waals surface area (Å²) in [6, 6.07) is 12.3. The molecule has 0 heterocycles. The van der Waals surface area contributed by atoms with Crippen LogP contribution in [0.3, 0.4) is 0 Å². The van der Waals surface area contributed by atoms with Gasteiger partial charge in [-0.2, -0.15) is 0 Å². The van der Waals surface area contributed by atoms with E-state index in [0.717, 1.165) is 43.4 Å². The van der Waals surface area contributed by atoms with Gasteiger partial charge in [0.25, 0.3) is 0 Å². The standard InChI is InChI=1S/C27H20F6/c1-2-3-4-5-15-6-8-16(9-7-15)19-10-11-20(25(31)24(19)30)17-12-18-14-22(29)26(32)27(33)23(18)21(28)13-17/h6-14H,2-5H2,1H3. The van der Waals surface area contributed by atoms with Gasteiger partial charge < -0.3 is 0 Å². The summed E-state index contributed by atoms with van der Waals surface area (Å²) in [6.07, 6.45) is 4.18. The van der Waals surface area contributed by atoms with E-state index in [9.17, 15) is 26.3 Å². The Balaban J connectivity index is 1.72. The molecule has 0 amide bonds. The van der Waals surface area contributed by atoms with E-state index in [1.165, 1.54) is 12.1 Å². The maximum Gasteiger partial charge on any atom is 0.195 e. The van der Waals surface area contributed by atoms with Gasteiger partial charge in [0, 0.05) is 11.1 Å². The Kier molecular flexibility index (Phi) is 6.45. The molecular formula is C27H20F6. The van der Waals surface area contributed by atoms with Crippen LogP contribution in [0.25, 0.3) is 33.0 Å². The molecule has 6 heteroatoms. The van der Waals surface area contributed by atoms with Crippen LogP contribution in [-0.4, -0.2) is 0 Å². The highest BCUT2D eigenvalue weighted by Gasteiger charge is 2.21. The van der Waals surface area contributed by atoms with Crippen LogP contribution in [0.5, 0.6) is 0 Å². The van der Waals surface area contributed by atoms with Gasteiger partial charge in [-0.25, -0.2) is 26.3 Å². The Morgan fingerprint density at radius 1 is 0.576 bits per heavy atom. The molecule has 0 saturated heterocycles. The van der Waals surface area contributed by atoms with Crippen LogP contribution >= 0.6 is 0 Å². The minimum absolute atomic E-state index is 0.0387. The van der Waals surface area contributed by atoms with E-state index >= 15 is 0 Å². The number of hydrogen-bond acceptors (Lipinski definition) is 0. The summed E-state index contributed by atoms with van der Waals surface area (Å²) in [6.45, 7) is 2.12. The van der Waals surface area contributed by atoms with Crippen molar-refractivity contribution in [2.45, 2.75) is 32.6 Å². The second kappa shape index (κ2) is 9.30. The lowest BCUT2D eigenvalue weighted by Crippen LogP contribution is -1.98. The molecule has 0 spiro atoms. The van der Waals surface area contributed by atoms with Crippen molar-refractivity contribution in [1.82, 2.24) is 0 Å². The van der Waals surface area contributed by atoms with Gasteiger partial charge in [-0.05, 0) is 53.1 Å². The minimum Gasteiger partial charge on any atom is -0.206 e. The smallest absolute Gasteiger partial charge is 0.195 e. The van der Waals surface area contributed by atoms with Gasteiger partial charge in [-0.15, -0.1) is 0 Å². The SMILES string of the molecule is CCCCCc1ccc(-c2ccc(-c3cc(F)c4c(F)c(F)c(F)cc4c3)c(F)c2F)cc1. The molecular weight excluding hydrogens is 438 g/mol. The van der Waals surface area contributed by atoms with Gasteiger partial charge in [0.15, 0.2) is 29.1 Å². The molecule has 4 rings (SSSR count). The Labute approximate surface area is 187 Å². The molecule has 0 aromatic heterocycles. The largest absolute Gasteiger partial charge is 0.206 e. The minimum atomic E-state index is -1.80. The zero-order valence-corrected chi connectivity index (χ0v) is 17.8. The van der Waals surface area contributed by atoms with Crippen LogP contribution in [0.2, 0.25) is 0 Å². The van der Waals surface area contributed by atoms with Crippen LogP contribution in [-0.2, 0) is 6.42 Å². The van der Waals surface area contributed by atoms with Gasteiger partial charge in [0.05, 0.1) is 5.39 Å². The Bertz CT molecular complexity index is 1330. The fourth-order valence-electron chi connectivity index (χ4n) is 3.97. The molecule has 0 aliphatic carbocycles.